The summed E-state index contributed by atoms with van der Waals surface area (Å²) < 4.78 is 0. The Kier molecular flexibility index (Phi) is 4.00. The van der Waals surface area contributed by atoms with Crippen LogP contribution in [0.2, 0.25) is 0 Å². The summed E-state index contributed by atoms with van der Waals surface area (Å²) in [6, 6.07) is 31.2. The van der Waals surface area contributed by atoms with Crippen LogP contribution < -0.4 is 16.0 Å². The minimum absolute atomic E-state index is 0.0999. The van der Waals surface area contributed by atoms with E-state index in [1.54, 1.807) is 0 Å². The molecule has 0 radical (unpaired) electrons. The number of hydrogen-bond acceptors (Lipinski definition) is 3. The average molecular weight is 313 g/mol. The zero-order valence-electron chi connectivity index (χ0n) is 13.3. The van der Waals surface area contributed by atoms with E-state index in [0.717, 1.165) is 11.4 Å². The molecule has 1 aliphatic rings. The van der Waals surface area contributed by atoms with Crippen molar-refractivity contribution in [2.24, 2.45) is 0 Å². The molecule has 0 saturated carbocycles. The maximum absolute atomic E-state index is 3.53. The number of rotatable bonds is 3. The van der Waals surface area contributed by atoms with Gasteiger partial charge in [-0.15, -0.1) is 0 Å². The van der Waals surface area contributed by atoms with Gasteiger partial charge < -0.3 is 0 Å². The lowest BCUT2D eigenvalue weighted by Crippen LogP contribution is -2.52. The van der Waals surface area contributed by atoms with Gasteiger partial charge in [-0.3, -0.25) is 5.43 Å². The van der Waals surface area contributed by atoms with Crippen LogP contribution in [0.15, 0.2) is 97.1 Å². The third-order valence-electron chi connectivity index (χ3n) is 4.09. The number of hydrogen-bond donors (Lipinski definition) is 2. The topological polar surface area (TPSA) is 27.3 Å². The summed E-state index contributed by atoms with van der Waals surface area (Å²) in [6.07, 6.45) is 2.23. The van der Waals surface area contributed by atoms with E-state index in [2.05, 4.69) is 77.6 Å². The molecule has 3 aromatic rings. The summed E-state index contributed by atoms with van der Waals surface area (Å²) in [5.41, 5.74) is 11.6. The van der Waals surface area contributed by atoms with Crippen molar-refractivity contribution >= 4 is 11.4 Å². The van der Waals surface area contributed by atoms with Crippen LogP contribution in [0.1, 0.15) is 17.2 Å². The summed E-state index contributed by atoms with van der Waals surface area (Å²) in [5, 5.41) is 1.99. The van der Waals surface area contributed by atoms with Crippen molar-refractivity contribution < 1.29 is 0 Å². The minimum atomic E-state index is 0.0999. The molecule has 0 aliphatic carbocycles. The van der Waals surface area contributed by atoms with Crippen molar-refractivity contribution in [1.29, 1.82) is 0 Å². The van der Waals surface area contributed by atoms with Gasteiger partial charge in [0.1, 0.15) is 0 Å². The Morgan fingerprint density at radius 1 is 0.667 bits per heavy atom. The molecule has 0 aromatic heterocycles. The highest BCUT2D eigenvalue weighted by atomic mass is 15.7. The normalized spacial score (nSPS) is 17.1. The molecule has 3 nitrogen and oxygen atoms in total. The van der Waals surface area contributed by atoms with Crippen molar-refractivity contribution in [3.05, 3.63) is 108 Å². The molecule has 24 heavy (non-hydrogen) atoms. The molecule has 0 bridgehead atoms. The van der Waals surface area contributed by atoms with Gasteiger partial charge in [-0.05, 0) is 29.3 Å². The Morgan fingerprint density at radius 3 is 1.92 bits per heavy atom. The third-order valence-corrected chi connectivity index (χ3v) is 4.09. The van der Waals surface area contributed by atoms with E-state index in [4.69, 9.17) is 0 Å². The van der Waals surface area contributed by atoms with E-state index in [1.807, 2.05) is 35.4 Å². The van der Waals surface area contributed by atoms with Gasteiger partial charge >= 0.3 is 0 Å². The summed E-state index contributed by atoms with van der Waals surface area (Å²) in [5.74, 6) is 0. The largest absolute Gasteiger partial charge is 0.284 e. The first-order valence-corrected chi connectivity index (χ1v) is 8.10. The van der Waals surface area contributed by atoms with Gasteiger partial charge in [-0.25, -0.2) is 10.5 Å². The van der Waals surface area contributed by atoms with Crippen LogP contribution in [0.25, 0.3) is 5.70 Å². The lowest BCUT2D eigenvalue weighted by atomic mass is 10.0. The molecule has 4 rings (SSSR count). The second-order valence-corrected chi connectivity index (χ2v) is 5.75. The minimum Gasteiger partial charge on any atom is -0.284 e. The molecular weight excluding hydrogens is 294 g/mol. The van der Waals surface area contributed by atoms with E-state index >= 15 is 0 Å². The fourth-order valence-electron chi connectivity index (χ4n) is 2.86. The van der Waals surface area contributed by atoms with Crippen LogP contribution in [-0.4, -0.2) is 0 Å². The standard InChI is InChI=1S/C21H19N3/c1-4-10-17(11-5-1)20-16-21(18-12-6-2-7-13-18)23-24(22-20)19-14-8-3-9-15-19/h1-16,20,22-23H. The summed E-state index contributed by atoms with van der Waals surface area (Å²) in [7, 11) is 0. The van der Waals surface area contributed by atoms with Crippen LogP contribution in [0.3, 0.4) is 0 Å². The van der Waals surface area contributed by atoms with Gasteiger partial charge in [0.2, 0.25) is 0 Å². The van der Waals surface area contributed by atoms with Gasteiger partial charge in [0.25, 0.3) is 0 Å². The van der Waals surface area contributed by atoms with Crippen molar-refractivity contribution in [2.45, 2.75) is 6.04 Å². The molecule has 1 atom stereocenters. The first-order chi connectivity index (χ1) is 11.9. The zero-order valence-corrected chi connectivity index (χ0v) is 13.3. The van der Waals surface area contributed by atoms with Crippen LogP contribution in [0, 0.1) is 0 Å². The number of anilines is 1. The Bertz CT molecular complexity index is 813. The van der Waals surface area contributed by atoms with Crippen molar-refractivity contribution in [2.75, 3.05) is 5.12 Å². The van der Waals surface area contributed by atoms with Crippen LogP contribution in [0.5, 0.6) is 0 Å². The van der Waals surface area contributed by atoms with Crippen LogP contribution in [0.4, 0.5) is 5.69 Å². The molecule has 118 valence electrons. The highest BCUT2D eigenvalue weighted by Crippen LogP contribution is 2.26. The quantitative estimate of drug-likeness (QED) is 0.755. The number of nitrogens with zero attached hydrogens (tertiary/aromatic N) is 1. The van der Waals surface area contributed by atoms with Gasteiger partial charge in [0.05, 0.1) is 17.4 Å². The van der Waals surface area contributed by atoms with E-state index in [-0.39, 0.29) is 6.04 Å². The number of nitrogens with one attached hydrogen (secondary N) is 2. The fourth-order valence-corrected chi connectivity index (χ4v) is 2.86. The van der Waals surface area contributed by atoms with Crippen LogP contribution >= 0.6 is 0 Å². The first-order valence-electron chi connectivity index (χ1n) is 8.10. The molecule has 1 aliphatic heterocycles. The molecule has 0 amide bonds. The fraction of sp³-hybridized carbons (Fsp3) is 0.0476. The summed E-state index contributed by atoms with van der Waals surface area (Å²) in [6.45, 7) is 0. The smallest absolute Gasteiger partial charge is 0.0756 e. The summed E-state index contributed by atoms with van der Waals surface area (Å²) in [4.78, 5) is 0. The molecule has 0 spiro atoms. The summed E-state index contributed by atoms with van der Waals surface area (Å²) >= 11 is 0. The molecule has 1 heterocycles. The molecular formula is C21H19N3. The van der Waals surface area contributed by atoms with Crippen molar-refractivity contribution in [1.82, 2.24) is 10.9 Å². The predicted octanol–water partition coefficient (Wildman–Crippen LogP) is 4.30. The monoisotopic (exact) mass is 313 g/mol. The van der Waals surface area contributed by atoms with Crippen molar-refractivity contribution in [3.63, 3.8) is 0 Å². The Balaban J connectivity index is 1.73. The maximum Gasteiger partial charge on any atom is 0.0756 e. The third kappa shape index (κ3) is 3.03. The molecule has 3 heteroatoms. The molecule has 0 fully saturated rings. The van der Waals surface area contributed by atoms with E-state index in [0.29, 0.717) is 0 Å². The van der Waals surface area contributed by atoms with Gasteiger partial charge in [0, 0.05) is 0 Å². The highest BCUT2D eigenvalue weighted by Gasteiger charge is 2.21. The number of para-hydroxylation sites is 1. The molecule has 2 N–H and O–H groups in total. The van der Waals surface area contributed by atoms with Gasteiger partial charge in [-0.2, -0.15) is 0 Å². The second kappa shape index (κ2) is 6.60. The molecule has 0 saturated heterocycles. The number of benzene rings is 3. The predicted molar refractivity (Wildman–Crippen MR) is 98.8 cm³/mol. The average Bonchev–Trinajstić information content (AvgIpc) is 2.70. The molecule has 3 aromatic carbocycles. The van der Waals surface area contributed by atoms with Crippen molar-refractivity contribution in [3.8, 4) is 0 Å². The van der Waals surface area contributed by atoms with E-state index in [1.165, 1.54) is 11.1 Å². The Morgan fingerprint density at radius 2 is 1.25 bits per heavy atom. The zero-order chi connectivity index (χ0) is 16.2. The lowest BCUT2D eigenvalue weighted by molar-refractivity contribution is 0.520. The molecule has 1 unspecified atom stereocenters. The number of hydrazine groups is 2. The van der Waals surface area contributed by atoms with Gasteiger partial charge in [0.15, 0.2) is 0 Å². The van der Waals surface area contributed by atoms with Crippen LogP contribution in [-0.2, 0) is 0 Å². The van der Waals surface area contributed by atoms with E-state index < -0.39 is 0 Å². The lowest BCUT2D eigenvalue weighted by Gasteiger charge is -2.36. The van der Waals surface area contributed by atoms with E-state index in [9.17, 15) is 0 Å². The Hall–Kier alpha value is -3.04. The SMILES string of the molecule is C1=C(c2ccccc2)NN(c2ccccc2)NC1c1ccccc1. The highest BCUT2D eigenvalue weighted by molar-refractivity contribution is 5.68. The Labute approximate surface area is 142 Å². The van der Waals surface area contributed by atoms with Gasteiger partial charge in [-0.1, -0.05) is 78.9 Å². The first kappa shape index (κ1) is 14.5. The maximum atomic E-state index is 3.53. The second-order valence-electron chi connectivity index (χ2n) is 5.75.